The van der Waals surface area contributed by atoms with Crippen molar-refractivity contribution in [3.05, 3.63) is 35.9 Å². The smallest absolute Gasteiger partial charge is 0.240 e. The van der Waals surface area contributed by atoms with Crippen LogP contribution in [0, 0.1) is 0 Å². The lowest BCUT2D eigenvalue weighted by atomic mass is 10.2. The maximum Gasteiger partial charge on any atom is 0.240 e. The zero-order valence-electron chi connectivity index (χ0n) is 11.3. The number of benzene rings is 1. The molecule has 102 valence electrons. The third-order valence-corrected chi connectivity index (χ3v) is 2.32. The molecule has 0 heterocycles. The first kappa shape index (κ1) is 14.9. The van der Waals surface area contributed by atoms with Crippen LogP contribution in [0.3, 0.4) is 0 Å². The Kier molecular flexibility index (Phi) is 6.29. The summed E-state index contributed by atoms with van der Waals surface area (Å²) in [5.41, 5.74) is 4.18. The molecule has 0 aliphatic rings. The highest BCUT2D eigenvalue weighted by molar-refractivity contribution is 5.85. The molecule has 2 N–H and O–H groups in total. The topological polar surface area (TPSA) is 70.6 Å². The summed E-state index contributed by atoms with van der Waals surface area (Å²) in [7, 11) is 0. The minimum absolute atomic E-state index is 0.136. The molecule has 5 heteroatoms. The standard InChI is InChI=1S/C14H19N3O2/c1-11(2)16-17-14(19)9-8-13(18)15-10-12-6-4-3-5-7-12/h3-7H,8-10H2,1-2H3,(H,15,18)(H,17,19). The molecule has 0 bridgehead atoms. The molecule has 0 aliphatic carbocycles. The molecule has 0 saturated heterocycles. The van der Waals surface area contributed by atoms with Gasteiger partial charge in [0.2, 0.25) is 11.8 Å². The van der Waals surface area contributed by atoms with E-state index < -0.39 is 0 Å². The molecule has 1 aromatic rings. The van der Waals surface area contributed by atoms with E-state index in [1.165, 1.54) is 0 Å². The molecule has 1 rings (SSSR count). The zero-order valence-corrected chi connectivity index (χ0v) is 11.3. The van der Waals surface area contributed by atoms with Crippen molar-refractivity contribution >= 4 is 17.5 Å². The molecule has 1 aromatic carbocycles. The van der Waals surface area contributed by atoms with E-state index in [0.29, 0.717) is 6.54 Å². The van der Waals surface area contributed by atoms with Crippen LogP contribution in [0.25, 0.3) is 0 Å². The van der Waals surface area contributed by atoms with Crippen LogP contribution >= 0.6 is 0 Å². The molecule has 0 unspecified atom stereocenters. The molecule has 0 atom stereocenters. The van der Waals surface area contributed by atoms with Gasteiger partial charge in [-0.05, 0) is 19.4 Å². The molecule has 0 aromatic heterocycles. The number of carbonyl (C=O) groups is 2. The Morgan fingerprint density at radius 3 is 2.32 bits per heavy atom. The molecule has 0 saturated carbocycles. The maximum atomic E-state index is 11.5. The SMILES string of the molecule is CC(C)=NNC(=O)CCC(=O)NCc1ccccc1. The molecule has 2 amide bonds. The van der Waals surface area contributed by atoms with Crippen molar-refractivity contribution in [1.29, 1.82) is 0 Å². The number of nitrogens with one attached hydrogen (secondary N) is 2. The lowest BCUT2D eigenvalue weighted by Gasteiger charge is -2.05. The van der Waals surface area contributed by atoms with E-state index in [1.54, 1.807) is 13.8 Å². The first-order chi connectivity index (χ1) is 9.08. The van der Waals surface area contributed by atoms with Gasteiger partial charge in [0.15, 0.2) is 0 Å². The van der Waals surface area contributed by atoms with Crippen LogP contribution in [0.4, 0.5) is 0 Å². The number of hydrogen-bond acceptors (Lipinski definition) is 3. The number of rotatable bonds is 6. The van der Waals surface area contributed by atoms with Gasteiger partial charge >= 0.3 is 0 Å². The quantitative estimate of drug-likeness (QED) is 0.603. The van der Waals surface area contributed by atoms with Crippen LogP contribution < -0.4 is 10.7 Å². The van der Waals surface area contributed by atoms with Crippen molar-refractivity contribution in [1.82, 2.24) is 10.7 Å². The molecule has 0 aliphatic heterocycles. The van der Waals surface area contributed by atoms with Crippen molar-refractivity contribution in [3.63, 3.8) is 0 Å². The summed E-state index contributed by atoms with van der Waals surface area (Å²) >= 11 is 0. The Hall–Kier alpha value is -2.17. The Labute approximate surface area is 113 Å². The van der Waals surface area contributed by atoms with Gasteiger partial charge in [-0.25, -0.2) is 5.43 Å². The first-order valence-corrected chi connectivity index (χ1v) is 6.18. The third-order valence-electron chi connectivity index (χ3n) is 2.32. The van der Waals surface area contributed by atoms with Gasteiger partial charge in [-0.15, -0.1) is 0 Å². The molecular formula is C14H19N3O2. The predicted octanol–water partition coefficient (Wildman–Crippen LogP) is 1.59. The van der Waals surface area contributed by atoms with Crippen LogP contribution in [0.15, 0.2) is 35.4 Å². The zero-order chi connectivity index (χ0) is 14.1. The van der Waals surface area contributed by atoms with Gasteiger partial charge in [0.25, 0.3) is 0 Å². The van der Waals surface area contributed by atoms with Crippen LogP contribution in [-0.4, -0.2) is 17.5 Å². The minimum atomic E-state index is -0.254. The van der Waals surface area contributed by atoms with Crippen molar-refractivity contribution in [2.75, 3.05) is 0 Å². The summed E-state index contributed by atoms with van der Waals surface area (Å²) in [6.07, 6.45) is 0.300. The molecule has 19 heavy (non-hydrogen) atoms. The van der Waals surface area contributed by atoms with E-state index in [-0.39, 0.29) is 24.7 Å². The summed E-state index contributed by atoms with van der Waals surface area (Å²) in [6.45, 7) is 4.05. The second kappa shape index (κ2) is 8.02. The summed E-state index contributed by atoms with van der Waals surface area (Å²) in [5, 5.41) is 6.55. The Morgan fingerprint density at radius 2 is 1.68 bits per heavy atom. The summed E-state index contributed by atoms with van der Waals surface area (Å²) in [5.74, 6) is -0.396. The Morgan fingerprint density at radius 1 is 1.05 bits per heavy atom. The monoisotopic (exact) mass is 261 g/mol. The minimum Gasteiger partial charge on any atom is -0.352 e. The average Bonchev–Trinajstić information content (AvgIpc) is 2.41. The van der Waals surface area contributed by atoms with Crippen molar-refractivity contribution in [2.24, 2.45) is 5.10 Å². The molecule has 0 spiro atoms. The predicted molar refractivity (Wildman–Crippen MR) is 74.4 cm³/mol. The van der Waals surface area contributed by atoms with Gasteiger partial charge in [-0.1, -0.05) is 30.3 Å². The normalized spacial score (nSPS) is 9.58. The van der Waals surface area contributed by atoms with Gasteiger partial charge in [0, 0.05) is 25.1 Å². The van der Waals surface area contributed by atoms with Crippen LogP contribution in [0.1, 0.15) is 32.3 Å². The first-order valence-electron chi connectivity index (χ1n) is 6.18. The van der Waals surface area contributed by atoms with Crippen molar-refractivity contribution < 1.29 is 9.59 Å². The van der Waals surface area contributed by atoms with Gasteiger partial charge < -0.3 is 5.32 Å². The van der Waals surface area contributed by atoms with Crippen LogP contribution in [0.2, 0.25) is 0 Å². The summed E-state index contributed by atoms with van der Waals surface area (Å²) < 4.78 is 0. The van der Waals surface area contributed by atoms with Crippen molar-refractivity contribution in [3.8, 4) is 0 Å². The lowest BCUT2D eigenvalue weighted by molar-refractivity contribution is -0.126. The van der Waals surface area contributed by atoms with Crippen LogP contribution in [-0.2, 0) is 16.1 Å². The number of carbonyl (C=O) groups excluding carboxylic acids is 2. The fourth-order valence-corrected chi connectivity index (χ4v) is 1.34. The van der Waals surface area contributed by atoms with Gasteiger partial charge in [-0.2, -0.15) is 5.10 Å². The molecule has 0 fully saturated rings. The van der Waals surface area contributed by atoms with E-state index in [1.807, 2.05) is 30.3 Å². The Balaban J connectivity index is 2.21. The van der Waals surface area contributed by atoms with Gasteiger partial charge in [-0.3, -0.25) is 9.59 Å². The maximum absolute atomic E-state index is 11.5. The lowest BCUT2D eigenvalue weighted by Crippen LogP contribution is -2.25. The third kappa shape index (κ3) is 6.98. The van der Waals surface area contributed by atoms with E-state index in [4.69, 9.17) is 0 Å². The number of amides is 2. The van der Waals surface area contributed by atoms with E-state index in [9.17, 15) is 9.59 Å². The molecule has 0 radical (unpaired) electrons. The van der Waals surface area contributed by atoms with E-state index in [0.717, 1.165) is 11.3 Å². The van der Waals surface area contributed by atoms with Crippen LogP contribution in [0.5, 0.6) is 0 Å². The van der Waals surface area contributed by atoms with Gasteiger partial charge in [0.1, 0.15) is 0 Å². The van der Waals surface area contributed by atoms with E-state index >= 15 is 0 Å². The van der Waals surface area contributed by atoms with Gasteiger partial charge in [0.05, 0.1) is 0 Å². The highest BCUT2D eigenvalue weighted by Crippen LogP contribution is 1.98. The number of hydrogen-bond donors (Lipinski definition) is 2. The summed E-state index contributed by atoms with van der Waals surface area (Å²) in [6, 6.07) is 9.63. The highest BCUT2D eigenvalue weighted by atomic mass is 16.2. The second-order valence-electron chi connectivity index (χ2n) is 4.36. The van der Waals surface area contributed by atoms with E-state index in [2.05, 4.69) is 15.8 Å². The number of nitrogens with zero attached hydrogens (tertiary/aromatic N) is 1. The Bertz CT molecular complexity index is 451. The van der Waals surface area contributed by atoms with Crippen molar-refractivity contribution in [2.45, 2.75) is 33.2 Å². The summed E-state index contributed by atoms with van der Waals surface area (Å²) in [4.78, 5) is 22.9. The number of hydrazone groups is 1. The second-order valence-corrected chi connectivity index (χ2v) is 4.36. The average molecular weight is 261 g/mol. The largest absolute Gasteiger partial charge is 0.352 e. The fourth-order valence-electron chi connectivity index (χ4n) is 1.34. The molecule has 5 nitrogen and oxygen atoms in total. The highest BCUT2D eigenvalue weighted by Gasteiger charge is 2.05. The molecular weight excluding hydrogens is 242 g/mol. The fraction of sp³-hybridized carbons (Fsp3) is 0.357.